The van der Waals surface area contributed by atoms with Crippen LogP contribution in [0.25, 0.3) is 0 Å². The predicted octanol–water partition coefficient (Wildman–Crippen LogP) is 1.86. The lowest BCUT2D eigenvalue weighted by Crippen LogP contribution is -2.36. The maximum absolute atomic E-state index is 10.4. The van der Waals surface area contributed by atoms with E-state index in [-0.39, 0.29) is 23.8 Å². The molecule has 3 heteroatoms. The summed E-state index contributed by atoms with van der Waals surface area (Å²) in [6.07, 6.45) is 0.986. The molecule has 0 heterocycles. The number of nitrogens with two attached hydrogens (primary N) is 1. The van der Waals surface area contributed by atoms with E-state index in [4.69, 9.17) is 10.8 Å². The van der Waals surface area contributed by atoms with Crippen molar-refractivity contribution in [2.45, 2.75) is 46.6 Å². The van der Waals surface area contributed by atoms with Crippen molar-refractivity contribution in [3.63, 3.8) is 0 Å². The van der Waals surface area contributed by atoms with Crippen molar-refractivity contribution >= 4 is 5.97 Å². The lowest BCUT2D eigenvalue weighted by Gasteiger charge is -2.28. The van der Waals surface area contributed by atoms with Gasteiger partial charge < -0.3 is 10.8 Å². The molecule has 0 aromatic carbocycles. The summed E-state index contributed by atoms with van der Waals surface area (Å²) >= 11 is 0. The maximum atomic E-state index is 10.4. The molecule has 0 aliphatic heterocycles. The Morgan fingerprint density at radius 1 is 1.46 bits per heavy atom. The van der Waals surface area contributed by atoms with Gasteiger partial charge in [-0.2, -0.15) is 0 Å². The second-order valence-corrected chi connectivity index (χ2v) is 4.91. The molecule has 0 aromatic heterocycles. The Labute approximate surface area is 80.3 Å². The van der Waals surface area contributed by atoms with Crippen LogP contribution >= 0.6 is 0 Å². The number of carbonyl (C=O) groups is 1. The van der Waals surface area contributed by atoms with Gasteiger partial charge in [-0.25, -0.2) is 0 Å². The summed E-state index contributed by atoms with van der Waals surface area (Å²) in [4.78, 5) is 10.4. The molecular formula is C10H21NO2. The Balaban J connectivity index is 3.92. The minimum Gasteiger partial charge on any atom is -0.481 e. The maximum Gasteiger partial charge on any atom is 0.303 e. The molecule has 0 aliphatic rings. The fraction of sp³-hybridized carbons (Fsp3) is 0.900. The van der Waals surface area contributed by atoms with Gasteiger partial charge in [0, 0.05) is 12.5 Å². The minimum absolute atomic E-state index is 0.0623. The van der Waals surface area contributed by atoms with E-state index in [2.05, 4.69) is 20.8 Å². The van der Waals surface area contributed by atoms with Crippen LogP contribution in [0.4, 0.5) is 0 Å². The van der Waals surface area contributed by atoms with Gasteiger partial charge >= 0.3 is 5.97 Å². The van der Waals surface area contributed by atoms with Gasteiger partial charge in [0.25, 0.3) is 0 Å². The molecule has 3 N–H and O–H groups in total. The molecule has 0 aromatic rings. The van der Waals surface area contributed by atoms with E-state index in [9.17, 15) is 4.79 Å². The van der Waals surface area contributed by atoms with Gasteiger partial charge in [-0.1, -0.05) is 27.7 Å². The first-order valence-electron chi connectivity index (χ1n) is 4.71. The first-order chi connectivity index (χ1) is 5.73. The van der Waals surface area contributed by atoms with Gasteiger partial charge in [0.1, 0.15) is 0 Å². The average molecular weight is 187 g/mol. The number of carboxylic acid groups (broad SMARTS) is 1. The van der Waals surface area contributed by atoms with Crippen molar-refractivity contribution in [1.82, 2.24) is 0 Å². The number of carboxylic acids is 1. The molecule has 13 heavy (non-hydrogen) atoms. The van der Waals surface area contributed by atoms with Gasteiger partial charge in [-0.3, -0.25) is 4.79 Å². The molecular weight excluding hydrogens is 166 g/mol. The van der Waals surface area contributed by atoms with Crippen LogP contribution in [0.15, 0.2) is 0 Å². The third-order valence-corrected chi connectivity index (χ3v) is 2.29. The quantitative estimate of drug-likeness (QED) is 0.706. The average Bonchev–Trinajstić information content (AvgIpc) is 1.82. The lowest BCUT2D eigenvalue weighted by atomic mass is 9.82. The monoisotopic (exact) mass is 187 g/mol. The van der Waals surface area contributed by atoms with Gasteiger partial charge in [0.05, 0.1) is 0 Å². The van der Waals surface area contributed by atoms with Crippen molar-refractivity contribution in [1.29, 1.82) is 0 Å². The molecule has 78 valence electrons. The van der Waals surface area contributed by atoms with Crippen molar-refractivity contribution in [2.75, 3.05) is 0 Å². The second kappa shape index (κ2) is 4.61. The van der Waals surface area contributed by atoms with E-state index < -0.39 is 5.97 Å². The topological polar surface area (TPSA) is 63.3 Å². The predicted molar refractivity (Wildman–Crippen MR) is 53.5 cm³/mol. The first kappa shape index (κ1) is 12.4. The Morgan fingerprint density at radius 3 is 2.23 bits per heavy atom. The summed E-state index contributed by atoms with van der Waals surface area (Å²) in [5, 5.41) is 8.56. The second-order valence-electron chi connectivity index (χ2n) is 4.91. The molecule has 0 unspecified atom stereocenters. The van der Waals surface area contributed by atoms with Crippen LogP contribution in [0.3, 0.4) is 0 Å². The molecule has 0 saturated heterocycles. The van der Waals surface area contributed by atoms with Gasteiger partial charge in [-0.15, -0.1) is 0 Å². The van der Waals surface area contributed by atoms with E-state index in [1.165, 1.54) is 0 Å². The molecule has 0 fully saturated rings. The van der Waals surface area contributed by atoms with Crippen molar-refractivity contribution in [3.05, 3.63) is 0 Å². The molecule has 0 aliphatic carbocycles. The Kier molecular flexibility index (Phi) is 4.40. The van der Waals surface area contributed by atoms with Gasteiger partial charge in [-0.05, 0) is 17.8 Å². The highest BCUT2D eigenvalue weighted by molar-refractivity contribution is 5.66. The zero-order chi connectivity index (χ0) is 10.6. The molecule has 0 spiro atoms. The van der Waals surface area contributed by atoms with Crippen LogP contribution in [0.5, 0.6) is 0 Å². The minimum atomic E-state index is -0.742. The fourth-order valence-electron chi connectivity index (χ4n) is 1.17. The Bertz CT molecular complexity index is 172. The van der Waals surface area contributed by atoms with Crippen molar-refractivity contribution < 1.29 is 9.90 Å². The molecule has 0 radical (unpaired) electrons. The van der Waals surface area contributed by atoms with Crippen LogP contribution in [0.2, 0.25) is 0 Å². The molecule has 0 bridgehead atoms. The van der Waals surface area contributed by atoms with E-state index in [0.29, 0.717) is 0 Å². The number of aliphatic carboxylic acids is 1. The standard InChI is InChI=1S/C10H21NO2/c1-7(6-9(12)13)5-8(11)10(2,3)4/h7-8H,5-6,11H2,1-4H3,(H,12,13)/t7-,8+/m0/s1. The fourth-order valence-corrected chi connectivity index (χ4v) is 1.17. The van der Waals surface area contributed by atoms with E-state index >= 15 is 0 Å². The van der Waals surface area contributed by atoms with Crippen molar-refractivity contribution in [2.24, 2.45) is 17.1 Å². The highest BCUT2D eigenvalue weighted by atomic mass is 16.4. The van der Waals surface area contributed by atoms with Crippen LogP contribution in [0.1, 0.15) is 40.5 Å². The molecule has 0 rings (SSSR count). The Morgan fingerprint density at radius 2 is 1.92 bits per heavy atom. The largest absolute Gasteiger partial charge is 0.481 e. The lowest BCUT2D eigenvalue weighted by molar-refractivity contribution is -0.138. The summed E-state index contributed by atoms with van der Waals surface area (Å²) in [7, 11) is 0. The first-order valence-corrected chi connectivity index (χ1v) is 4.71. The third-order valence-electron chi connectivity index (χ3n) is 2.29. The summed E-state index contributed by atoms with van der Waals surface area (Å²) in [6.45, 7) is 8.15. The third kappa shape index (κ3) is 5.64. The van der Waals surface area contributed by atoms with Gasteiger partial charge in [0.15, 0.2) is 0 Å². The van der Waals surface area contributed by atoms with Crippen LogP contribution < -0.4 is 5.73 Å². The van der Waals surface area contributed by atoms with E-state index in [0.717, 1.165) is 6.42 Å². The van der Waals surface area contributed by atoms with Crippen molar-refractivity contribution in [3.8, 4) is 0 Å². The molecule has 2 atom stereocenters. The summed E-state index contributed by atoms with van der Waals surface area (Å²) in [5.74, 6) is -0.583. The normalized spacial score (nSPS) is 16.7. The highest BCUT2D eigenvalue weighted by Crippen LogP contribution is 2.23. The van der Waals surface area contributed by atoms with Crippen LogP contribution in [0, 0.1) is 11.3 Å². The SMILES string of the molecule is C[C@H](CC(=O)O)C[C@@H](N)C(C)(C)C. The van der Waals surface area contributed by atoms with E-state index in [1.54, 1.807) is 0 Å². The van der Waals surface area contributed by atoms with E-state index in [1.807, 2.05) is 6.92 Å². The number of rotatable bonds is 4. The Hall–Kier alpha value is -0.570. The van der Waals surface area contributed by atoms with Gasteiger partial charge in [0.2, 0.25) is 0 Å². The van der Waals surface area contributed by atoms with Crippen LogP contribution in [-0.2, 0) is 4.79 Å². The summed E-state index contributed by atoms with van der Waals surface area (Å²) in [5.41, 5.74) is 6.00. The number of hydrogen-bond acceptors (Lipinski definition) is 2. The molecule has 3 nitrogen and oxygen atoms in total. The molecule has 0 saturated carbocycles. The van der Waals surface area contributed by atoms with Crippen LogP contribution in [-0.4, -0.2) is 17.1 Å². The summed E-state index contributed by atoms with van der Waals surface area (Å²) < 4.78 is 0. The smallest absolute Gasteiger partial charge is 0.303 e. The number of hydrogen-bond donors (Lipinski definition) is 2. The zero-order valence-corrected chi connectivity index (χ0v) is 9.00. The zero-order valence-electron chi connectivity index (χ0n) is 9.00. The summed E-state index contributed by atoms with van der Waals surface area (Å²) in [6, 6.07) is 0.0712. The molecule has 0 amide bonds. The highest BCUT2D eigenvalue weighted by Gasteiger charge is 2.23.